The van der Waals surface area contributed by atoms with Gasteiger partial charge in [-0.3, -0.25) is 4.90 Å². The van der Waals surface area contributed by atoms with E-state index in [0.717, 1.165) is 31.9 Å². The van der Waals surface area contributed by atoms with Crippen molar-refractivity contribution in [2.24, 2.45) is 0 Å². The Bertz CT molecular complexity index is 402. The van der Waals surface area contributed by atoms with Crippen LogP contribution in [0, 0.1) is 0 Å². The lowest BCUT2D eigenvalue weighted by molar-refractivity contribution is 0.182. The van der Waals surface area contributed by atoms with E-state index in [1.807, 2.05) is 0 Å². The normalized spacial score (nSPS) is 17.6. The third-order valence-electron chi connectivity index (χ3n) is 4.27. The van der Waals surface area contributed by atoms with Gasteiger partial charge >= 0.3 is 0 Å². The van der Waals surface area contributed by atoms with Gasteiger partial charge < -0.3 is 10.1 Å². The topological polar surface area (TPSA) is 24.5 Å². The van der Waals surface area contributed by atoms with Crippen molar-refractivity contribution < 1.29 is 4.74 Å². The second kappa shape index (κ2) is 9.06. The van der Waals surface area contributed by atoms with Gasteiger partial charge in [-0.25, -0.2) is 0 Å². The molecule has 0 radical (unpaired) electrons. The summed E-state index contributed by atoms with van der Waals surface area (Å²) in [6.07, 6.45) is 5.16. The SMILES string of the molecule is CCNC(CC)c1ccccc1OCCN1CCCCC1. The number of nitrogens with zero attached hydrogens (tertiary/aromatic N) is 1. The summed E-state index contributed by atoms with van der Waals surface area (Å²) in [4.78, 5) is 2.52. The van der Waals surface area contributed by atoms with Crippen molar-refractivity contribution in [3.05, 3.63) is 29.8 Å². The van der Waals surface area contributed by atoms with E-state index in [1.54, 1.807) is 0 Å². The van der Waals surface area contributed by atoms with Crippen LogP contribution in [0.1, 0.15) is 51.1 Å². The van der Waals surface area contributed by atoms with Crippen LogP contribution in [0.25, 0.3) is 0 Å². The van der Waals surface area contributed by atoms with Gasteiger partial charge in [0.1, 0.15) is 12.4 Å². The van der Waals surface area contributed by atoms with Crippen LogP contribution in [0.2, 0.25) is 0 Å². The fourth-order valence-corrected chi connectivity index (χ4v) is 3.09. The van der Waals surface area contributed by atoms with Gasteiger partial charge in [0, 0.05) is 18.2 Å². The standard InChI is InChI=1S/C18H30N2O/c1-3-17(19-4-2)16-10-6-7-11-18(16)21-15-14-20-12-8-5-9-13-20/h6-7,10-11,17,19H,3-5,8-9,12-15H2,1-2H3. The predicted molar refractivity (Wildman–Crippen MR) is 88.9 cm³/mol. The number of rotatable bonds is 8. The largest absolute Gasteiger partial charge is 0.492 e. The molecule has 1 aliphatic rings. The molecule has 21 heavy (non-hydrogen) atoms. The number of hydrogen-bond donors (Lipinski definition) is 1. The second-order valence-corrected chi connectivity index (χ2v) is 5.81. The number of benzene rings is 1. The summed E-state index contributed by atoms with van der Waals surface area (Å²) >= 11 is 0. The first-order chi connectivity index (χ1) is 10.3. The molecule has 118 valence electrons. The molecule has 1 aromatic rings. The highest BCUT2D eigenvalue weighted by Crippen LogP contribution is 2.27. The molecule has 1 atom stereocenters. The van der Waals surface area contributed by atoms with Crippen LogP contribution >= 0.6 is 0 Å². The Morgan fingerprint density at radius 2 is 1.90 bits per heavy atom. The lowest BCUT2D eigenvalue weighted by atomic mass is 10.0. The lowest BCUT2D eigenvalue weighted by Gasteiger charge is -2.26. The Kier molecular flexibility index (Phi) is 7.04. The second-order valence-electron chi connectivity index (χ2n) is 5.81. The summed E-state index contributed by atoms with van der Waals surface area (Å²) in [5.41, 5.74) is 1.29. The van der Waals surface area contributed by atoms with Crippen molar-refractivity contribution >= 4 is 0 Å². The van der Waals surface area contributed by atoms with E-state index in [4.69, 9.17) is 4.74 Å². The smallest absolute Gasteiger partial charge is 0.124 e. The molecule has 1 saturated heterocycles. The van der Waals surface area contributed by atoms with Crippen molar-refractivity contribution in [2.45, 2.75) is 45.6 Å². The lowest BCUT2D eigenvalue weighted by Crippen LogP contribution is -2.33. The molecule has 1 heterocycles. The third kappa shape index (κ3) is 5.01. The van der Waals surface area contributed by atoms with Gasteiger partial charge in [0.05, 0.1) is 0 Å². The maximum absolute atomic E-state index is 6.09. The van der Waals surface area contributed by atoms with Crippen LogP contribution in [-0.2, 0) is 0 Å². The van der Waals surface area contributed by atoms with E-state index in [1.165, 1.54) is 37.9 Å². The number of piperidine rings is 1. The summed E-state index contributed by atoms with van der Waals surface area (Å²) in [5.74, 6) is 1.04. The van der Waals surface area contributed by atoms with Gasteiger partial charge in [0.25, 0.3) is 0 Å². The molecule has 0 aromatic heterocycles. The van der Waals surface area contributed by atoms with E-state index in [2.05, 4.69) is 48.3 Å². The van der Waals surface area contributed by atoms with Crippen LogP contribution in [0.5, 0.6) is 5.75 Å². The minimum Gasteiger partial charge on any atom is -0.492 e. The molecule has 2 rings (SSSR count). The van der Waals surface area contributed by atoms with Crippen LogP contribution in [0.3, 0.4) is 0 Å². The van der Waals surface area contributed by atoms with Crippen LogP contribution in [0.4, 0.5) is 0 Å². The van der Waals surface area contributed by atoms with Gasteiger partial charge in [0.2, 0.25) is 0 Å². The Labute approximate surface area is 129 Å². The van der Waals surface area contributed by atoms with E-state index >= 15 is 0 Å². The highest BCUT2D eigenvalue weighted by atomic mass is 16.5. The molecule has 0 saturated carbocycles. The first-order valence-electron chi connectivity index (χ1n) is 8.52. The quantitative estimate of drug-likeness (QED) is 0.791. The minimum atomic E-state index is 0.390. The molecule has 0 bridgehead atoms. The molecule has 1 fully saturated rings. The first kappa shape index (κ1) is 16.3. The van der Waals surface area contributed by atoms with E-state index < -0.39 is 0 Å². The summed E-state index contributed by atoms with van der Waals surface area (Å²) in [6, 6.07) is 8.85. The molecule has 0 spiro atoms. The molecular formula is C18H30N2O. The number of hydrogen-bond acceptors (Lipinski definition) is 3. The molecular weight excluding hydrogens is 260 g/mol. The number of nitrogens with one attached hydrogen (secondary N) is 1. The van der Waals surface area contributed by atoms with Gasteiger partial charge in [-0.05, 0) is 45.0 Å². The predicted octanol–water partition coefficient (Wildman–Crippen LogP) is 3.61. The molecule has 1 N–H and O–H groups in total. The molecule has 3 heteroatoms. The zero-order valence-electron chi connectivity index (χ0n) is 13.6. The van der Waals surface area contributed by atoms with Gasteiger partial charge in [-0.15, -0.1) is 0 Å². The maximum Gasteiger partial charge on any atom is 0.124 e. The molecule has 1 aromatic carbocycles. The summed E-state index contributed by atoms with van der Waals surface area (Å²) in [7, 11) is 0. The number of para-hydroxylation sites is 1. The van der Waals surface area contributed by atoms with Crippen molar-refractivity contribution in [2.75, 3.05) is 32.8 Å². The summed E-state index contributed by atoms with van der Waals surface area (Å²) in [5, 5.41) is 3.54. The molecule has 0 amide bonds. The van der Waals surface area contributed by atoms with Crippen LogP contribution < -0.4 is 10.1 Å². The maximum atomic E-state index is 6.09. The third-order valence-corrected chi connectivity index (χ3v) is 4.27. The highest BCUT2D eigenvalue weighted by molar-refractivity contribution is 5.35. The Balaban J connectivity index is 1.89. The number of ether oxygens (including phenoxy) is 1. The number of likely N-dealkylation sites (tertiary alicyclic amines) is 1. The highest BCUT2D eigenvalue weighted by Gasteiger charge is 2.14. The van der Waals surface area contributed by atoms with E-state index in [9.17, 15) is 0 Å². The zero-order valence-corrected chi connectivity index (χ0v) is 13.6. The van der Waals surface area contributed by atoms with Gasteiger partial charge in [-0.1, -0.05) is 38.5 Å². The summed E-state index contributed by atoms with van der Waals surface area (Å²) in [6.45, 7) is 9.67. The van der Waals surface area contributed by atoms with Gasteiger partial charge in [-0.2, -0.15) is 0 Å². The summed E-state index contributed by atoms with van der Waals surface area (Å²) < 4.78 is 6.09. The molecule has 1 unspecified atom stereocenters. The van der Waals surface area contributed by atoms with Crippen molar-refractivity contribution in [1.29, 1.82) is 0 Å². The van der Waals surface area contributed by atoms with Crippen molar-refractivity contribution in [1.82, 2.24) is 10.2 Å². The van der Waals surface area contributed by atoms with Crippen molar-refractivity contribution in [3.8, 4) is 5.75 Å². The van der Waals surface area contributed by atoms with E-state index in [0.29, 0.717) is 6.04 Å². The fraction of sp³-hybridized carbons (Fsp3) is 0.667. The fourth-order valence-electron chi connectivity index (χ4n) is 3.09. The van der Waals surface area contributed by atoms with Crippen molar-refractivity contribution in [3.63, 3.8) is 0 Å². The molecule has 1 aliphatic heterocycles. The Morgan fingerprint density at radius 3 is 2.62 bits per heavy atom. The zero-order chi connectivity index (χ0) is 14.9. The Morgan fingerprint density at radius 1 is 1.14 bits per heavy atom. The molecule has 0 aliphatic carbocycles. The van der Waals surface area contributed by atoms with Gasteiger partial charge in [0.15, 0.2) is 0 Å². The van der Waals surface area contributed by atoms with E-state index in [-0.39, 0.29) is 0 Å². The Hall–Kier alpha value is -1.06. The average molecular weight is 290 g/mol. The minimum absolute atomic E-state index is 0.390. The average Bonchev–Trinajstić information content (AvgIpc) is 2.54. The first-order valence-corrected chi connectivity index (χ1v) is 8.52. The van der Waals surface area contributed by atoms with Crippen LogP contribution in [-0.4, -0.2) is 37.7 Å². The molecule has 3 nitrogen and oxygen atoms in total. The van der Waals surface area contributed by atoms with Crippen LogP contribution in [0.15, 0.2) is 24.3 Å². The monoisotopic (exact) mass is 290 g/mol.